The molecule has 0 radical (unpaired) electrons. The van der Waals surface area contributed by atoms with Crippen molar-refractivity contribution in [3.63, 3.8) is 0 Å². The summed E-state index contributed by atoms with van der Waals surface area (Å²) in [7, 11) is 0. The van der Waals surface area contributed by atoms with E-state index >= 15 is 0 Å². The van der Waals surface area contributed by atoms with Crippen molar-refractivity contribution >= 4 is 5.70 Å². The summed E-state index contributed by atoms with van der Waals surface area (Å²) in [5.74, 6) is 6.08. The molecular formula is C17H18N4O. The molecule has 5 N–H and O–H groups in total. The molecule has 0 atom stereocenters. The summed E-state index contributed by atoms with van der Waals surface area (Å²) in [5.41, 5.74) is 11.5. The van der Waals surface area contributed by atoms with Crippen molar-refractivity contribution in [1.82, 2.24) is 5.43 Å². The van der Waals surface area contributed by atoms with Gasteiger partial charge >= 0.3 is 0 Å². The van der Waals surface area contributed by atoms with Gasteiger partial charge in [-0.1, -0.05) is 35.9 Å². The zero-order valence-corrected chi connectivity index (χ0v) is 12.3. The van der Waals surface area contributed by atoms with Crippen LogP contribution in [-0.2, 0) is 6.61 Å². The van der Waals surface area contributed by atoms with Gasteiger partial charge in [-0.25, -0.2) is 5.84 Å². The highest BCUT2D eigenvalue weighted by Gasteiger charge is 2.05. The average molecular weight is 294 g/mol. The number of aryl methyl sites for hydroxylation is 1. The highest BCUT2D eigenvalue weighted by Crippen LogP contribution is 2.17. The predicted molar refractivity (Wildman–Crippen MR) is 86.0 cm³/mol. The summed E-state index contributed by atoms with van der Waals surface area (Å²) < 4.78 is 5.73. The number of hydrazine groups is 1. The molecule has 0 aliphatic carbocycles. The monoisotopic (exact) mass is 294 g/mol. The van der Waals surface area contributed by atoms with Crippen LogP contribution in [0.15, 0.2) is 54.2 Å². The van der Waals surface area contributed by atoms with E-state index in [-0.39, 0.29) is 5.70 Å². The van der Waals surface area contributed by atoms with Gasteiger partial charge in [0.15, 0.2) is 5.70 Å². The summed E-state index contributed by atoms with van der Waals surface area (Å²) >= 11 is 0. The zero-order chi connectivity index (χ0) is 15.9. The fourth-order valence-electron chi connectivity index (χ4n) is 1.94. The summed E-state index contributed by atoms with van der Waals surface area (Å²) in [5, 5.41) is 8.95. The first-order valence-corrected chi connectivity index (χ1v) is 6.79. The molecule has 0 saturated heterocycles. The van der Waals surface area contributed by atoms with Crippen molar-refractivity contribution in [2.24, 2.45) is 11.6 Å². The SMILES string of the molecule is Cc1ccc(OCc2cccc(/C(N)=C(\C#N)NN)c2)cc1. The molecule has 2 aromatic carbocycles. The van der Waals surface area contributed by atoms with Crippen molar-refractivity contribution in [3.05, 3.63) is 70.9 Å². The predicted octanol–water partition coefficient (Wildman–Crippen LogP) is 2.19. The number of nitrogens with one attached hydrogen (secondary N) is 1. The van der Waals surface area contributed by atoms with E-state index in [0.29, 0.717) is 12.3 Å². The minimum Gasteiger partial charge on any atom is -0.489 e. The Kier molecular flexibility index (Phi) is 5.02. The number of nitriles is 1. The van der Waals surface area contributed by atoms with Crippen molar-refractivity contribution in [3.8, 4) is 11.8 Å². The molecule has 5 heteroatoms. The Bertz CT molecular complexity index is 714. The Morgan fingerprint density at radius 3 is 2.59 bits per heavy atom. The molecule has 5 nitrogen and oxygen atoms in total. The van der Waals surface area contributed by atoms with Crippen LogP contribution < -0.4 is 21.7 Å². The standard InChI is InChI=1S/C17H18N4O/c1-12-5-7-15(8-6-12)22-11-13-3-2-4-14(9-13)17(19)16(10-18)21-20/h2-9,21H,11,19-20H2,1H3/b17-16-. The molecule has 0 spiro atoms. The Balaban J connectivity index is 2.14. The zero-order valence-electron chi connectivity index (χ0n) is 12.3. The third-order valence-electron chi connectivity index (χ3n) is 3.19. The molecule has 0 aliphatic rings. The van der Waals surface area contributed by atoms with Crippen molar-refractivity contribution in [1.29, 1.82) is 5.26 Å². The minimum atomic E-state index is 0.136. The summed E-state index contributed by atoms with van der Waals surface area (Å²) in [6.45, 7) is 2.45. The van der Waals surface area contributed by atoms with Gasteiger partial charge in [-0.2, -0.15) is 5.26 Å². The van der Waals surface area contributed by atoms with Crippen LogP contribution in [-0.4, -0.2) is 0 Å². The maximum absolute atomic E-state index is 8.95. The van der Waals surface area contributed by atoms with Gasteiger partial charge in [0.25, 0.3) is 0 Å². The van der Waals surface area contributed by atoms with Gasteiger partial charge in [0, 0.05) is 5.56 Å². The molecular weight excluding hydrogens is 276 g/mol. The number of ether oxygens (including phenoxy) is 1. The number of hydrogen-bond acceptors (Lipinski definition) is 5. The van der Waals surface area contributed by atoms with E-state index in [1.165, 1.54) is 5.56 Å². The largest absolute Gasteiger partial charge is 0.489 e. The summed E-state index contributed by atoms with van der Waals surface area (Å²) in [4.78, 5) is 0. The summed E-state index contributed by atoms with van der Waals surface area (Å²) in [6, 6.07) is 17.3. The number of benzene rings is 2. The highest BCUT2D eigenvalue weighted by molar-refractivity contribution is 5.68. The molecule has 0 bridgehead atoms. The summed E-state index contributed by atoms with van der Waals surface area (Å²) in [6.07, 6.45) is 0. The van der Waals surface area contributed by atoms with Gasteiger partial charge in [-0.05, 0) is 30.7 Å². The van der Waals surface area contributed by atoms with Crippen molar-refractivity contribution < 1.29 is 4.74 Å². The van der Waals surface area contributed by atoms with Crippen LogP contribution in [0.3, 0.4) is 0 Å². The molecule has 2 aromatic rings. The lowest BCUT2D eigenvalue weighted by Crippen LogP contribution is -2.23. The van der Waals surface area contributed by atoms with Crippen LogP contribution in [0.5, 0.6) is 5.75 Å². The number of hydrogen-bond donors (Lipinski definition) is 3. The molecule has 2 rings (SSSR count). The minimum absolute atomic E-state index is 0.136. The van der Waals surface area contributed by atoms with Crippen LogP contribution in [0.4, 0.5) is 0 Å². The molecule has 22 heavy (non-hydrogen) atoms. The van der Waals surface area contributed by atoms with E-state index in [2.05, 4.69) is 5.43 Å². The van der Waals surface area contributed by atoms with Crippen LogP contribution in [0, 0.1) is 18.3 Å². The number of nitrogens with zero attached hydrogens (tertiary/aromatic N) is 1. The molecule has 0 aromatic heterocycles. The molecule has 0 aliphatic heterocycles. The maximum atomic E-state index is 8.95. The third kappa shape index (κ3) is 3.78. The smallest absolute Gasteiger partial charge is 0.151 e. The third-order valence-corrected chi connectivity index (χ3v) is 3.19. The van der Waals surface area contributed by atoms with Gasteiger partial charge < -0.3 is 15.9 Å². The second kappa shape index (κ2) is 7.16. The van der Waals surface area contributed by atoms with Gasteiger partial charge in [0.2, 0.25) is 0 Å². The Morgan fingerprint density at radius 1 is 1.23 bits per heavy atom. The molecule has 0 fully saturated rings. The van der Waals surface area contributed by atoms with Crippen LogP contribution in [0.1, 0.15) is 16.7 Å². The second-order valence-electron chi connectivity index (χ2n) is 4.85. The van der Waals surface area contributed by atoms with Gasteiger partial charge in [-0.3, -0.25) is 0 Å². The average Bonchev–Trinajstić information content (AvgIpc) is 2.55. The second-order valence-corrected chi connectivity index (χ2v) is 4.85. The first-order valence-electron chi connectivity index (χ1n) is 6.79. The number of rotatable bonds is 5. The highest BCUT2D eigenvalue weighted by atomic mass is 16.5. The fraction of sp³-hybridized carbons (Fsp3) is 0.118. The molecule has 112 valence electrons. The van der Waals surface area contributed by atoms with E-state index in [4.69, 9.17) is 21.6 Å². The van der Waals surface area contributed by atoms with E-state index in [1.54, 1.807) is 0 Å². The topological polar surface area (TPSA) is 97.1 Å². The first kappa shape index (κ1) is 15.4. The Labute approximate surface area is 129 Å². The Hall–Kier alpha value is -2.97. The lowest BCUT2D eigenvalue weighted by atomic mass is 10.1. The molecule has 0 amide bonds. The first-order chi connectivity index (χ1) is 10.6. The van der Waals surface area contributed by atoms with E-state index in [1.807, 2.05) is 61.5 Å². The van der Waals surface area contributed by atoms with Crippen LogP contribution in [0.2, 0.25) is 0 Å². The van der Waals surface area contributed by atoms with Gasteiger partial charge in [0.05, 0.1) is 5.70 Å². The number of allylic oxidation sites excluding steroid dienone is 1. The van der Waals surface area contributed by atoms with E-state index in [0.717, 1.165) is 16.9 Å². The molecule has 0 saturated carbocycles. The van der Waals surface area contributed by atoms with Gasteiger partial charge in [0.1, 0.15) is 18.4 Å². The molecule has 0 heterocycles. The van der Waals surface area contributed by atoms with Crippen LogP contribution in [0.25, 0.3) is 5.70 Å². The lowest BCUT2D eigenvalue weighted by molar-refractivity contribution is 0.306. The van der Waals surface area contributed by atoms with Gasteiger partial charge in [-0.15, -0.1) is 0 Å². The van der Waals surface area contributed by atoms with Crippen molar-refractivity contribution in [2.75, 3.05) is 0 Å². The maximum Gasteiger partial charge on any atom is 0.151 e. The van der Waals surface area contributed by atoms with E-state index < -0.39 is 0 Å². The van der Waals surface area contributed by atoms with Crippen LogP contribution >= 0.6 is 0 Å². The number of nitrogens with two attached hydrogens (primary N) is 2. The molecule has 0 unspecified atom stereocenters. The van der Waals surface area contributed by atoms with Crippen molar-refractivity contribution in [2.45, 2.75) is 13.5 Å². The Morgan fingerprint density at radius 2 is 1.95 bits per heavy atom. The van der Waals surface area contributed by atoms with E-state index in [9.17, 15) is 0 Å². The fourth-order valence-corrected chi connectivity index (χ4v) is 1.94. The quantitative estimate of drug-likeness (QED) is 0.446. The normalized spacial score (nSPS) is 11.3. The lowest BCUT2D eigenvalue weighted by Gasteiger charge is -2.09.